The van der Waals surface area contributed by atoms with E-state index >= 15 is 0 Å². The second-order valence-corrected chi connectivity index (χ2v) is 4.86. The van der Waals surface area contributed by atoms with Crippen LogP contribution in [0.4, 0.5) is 0 Å². The molecule has 1 aliphatic heterocycles. The van der Waals surface area contributed by atoms with Crippen molar-refractivity contribution in [2.75, 3.05) is 26.8 Å². The fraction of sp³-hybridized carbons (Fsp3) is 0.467. The fourth-order valence-corrected chi connectivity index (χ4v) is 2.23. The first-order chi connectivity index (χ1) is 9.71. The number of ether oxygens (including phenoxy) is 2. The van der Waals surface area contributed by atoms with Gasteiger partial charge in [-0.2, -0.15) is 5.26 Å². The molecule has 1 aromatic carbocycles. The minimum atomic E-state index is -0.395. The van der Waals surface area contributed by atoms with Crippen LogP contribution in [0.15, 0.2) is 24.3 Å². The van der Waals surface area contributed by atoms with Gasteiger partial charge in [0.1, 0.15) is 5.75 Å². The molecule has 0 N–H and O–H groups in total. The van der Waals surface area contributed by atoms with Crippen molar-refractivity contribution in [1.82, 2.24) is 4.90 Å². The lowest BCUT2D eigenvalue weighted by Gasteiger charge is -2.15. The molecule has 2 rings (SSSR count). The van der Waals surface area contributed by atoms with E-state index in [1.807, 2.05) is 24.3 Å². The van der Waals surface area contributed by atoms with Crippen LogP contribution in [0.3, 0.4) is 0 Å². The third-order valence-corrected chi connectivity index (χ3v) is 3.37. The lowest BCUT2D eigenvalue weighted by molar-refractivity contribution is -0.142. The molecule has 1 aliphatic rings. The Labute approximate surface area is 118 Å². The molecule has 5 heteroatoms. The van der Waals surface area contributed by atoms with E-state index in [4.69, 9.17) is 10.00 Å². The zero-order valence-electron chi connectivity index (χ0n) is 11.5. The van der Waals surface area contributed by atoms with Gasteiger partial charge in [0, 0.05) is 13.1 Å². The Hall–Kier alpha value is -2.06. The maximum atomic E-state index is 11.0. The van der Waals surface area contributed by atoms with Crippen LogP contribution >= 0.6 is 0 Å². The zero-order valence-corrected chi connectivity index (χ0v) is 11.5. The second kappa shape index (κ2) is 6.92. The summed E-state index contributed by atoms with van der Waals surface area (Å²) in [6.45, 7) is 2.58. The number of likely N-dealkylation sites (tertiary alicyclic amines) is 1. The van der Waals surface area contributed by atoms with Gasteiger partial charge in [-0.05, 0) is 30.7 Å². The first-order valence-electron chi connectivity index (χ1n) is 6.62. The minimum absolute atomic E-state index is 0.0776. The molecule has 0 amide bonds. The van der Waals surface area contributed by atoms with Gasteiger partial charge in [0.15, 0.2) is 6.61 Å². The summed E-state index contributed by atoms with van der Waals surface area (Å²) in [6, 6.07) is 9.96. The molecule has 1 heterocycles. The summed E-state index contributed by atoms with van der Waals surface area (Å²) in [6.07, 6.45) is 0.955. The third kappa shape index (κ3) is 3.97. The Morgan fingerprint density at radius 1 is 1.45 bits per heavy atom. The third-order valence-electron chi connectivity index (χ3n) is 3.37. The van der Waals surface area contributed by atoms with Crippen LogP contribution in [0.5, 0.6) is 5.75 Å². The molecule has 0 aliphatic carbocycles. The van der Waals surface area contributed by atoms with E-state index in [0.717, 1.165) is 26.1 Å². The van der Waals surface area contributed by atoms with Crippen LogP contribution in [0.1, 0.15) is 12.0 Å². The number of methoxy groups -OCH3 is 1. The van der Waals surface area contributed by atoms with E-state index in [0.29, 0.717) is 5.75 Å². The average molecular weight is 274 g/mol. The van der Waals surface area contributed by atoms with Crippen LogP contribution in [0.2, 0.25) is 0 Å². The molecule has 20 heavy (non-hydrogen) atoms. The average Bonchev–Trinajstić information content (AvgIpc) is 2.94. The molecule has 0 bridgehead atoms. The number of benzene rings is 1. The van der Waals surface area contributed by atoms with Crippen LogP contribution in [-0.2, 0) is 16.1 Å². The molecule has 1 fully saturated rings. The van der Waals surface area contributed by atoms with E-state index in [1.54, 1.807) is 0 Å². The highest BCUT2D eigenvalue weighted by Crippen LogP contribution is 2.19. The van der Waals surface area contributed by atoms with Gasteiger partial charge in [-0.1, -0.05) is 12.1 Å². The SMILES string of the molecule is COC(=O)COc1ccc(CN2CCC(C#N)C2)cc1. The minimum Gasteiger partial charge on any atom is -0.482 e. The summed E-state index contributed by atoms with van der Waals surface area (Å²) < 4.78 is 9.79. The van der Waals surface area contributed by atoms with Crippen LogP contribution in [-0.4, -0.2) is 37.7 Å². The maximum Gasteiger partial charge on any atom is 0.343 e. The standard InChI is InChI=1S/C15H18N2O3/c1-19-15(18)11-20-14-4-2-12(3-5-14)9-17-7-6-13(8-16)10-17/h2-5,13H,6-7,9-11H2,1H3. The molecule has 0 saturated carbocycles. The lowest BCUT2D eigenvalue weighted by atomic mass is 10.1. The Bertz CT molecular complexity index is 493. The number of hydrogen-bond acceptors (Lipinski definition) is 5. The van der Waals surface area contributed by atoms with Crippen molar-refractivity contribution in [1.29, 1.82) is 5.26 Å². The number of carbonyl (C=O) groups is 1. The monoisotopic (exact) mass is 274 g/mol. The van der Waals surface area contributed by atoms with Gasteiger partial charge in [0.2, 0.25) is 0 Å². The Kier molecular flexibility index (Phi) is 4.97. The Morgan fingerprint density at radius 2 is 2.20 bits per heavy atom. The van der Waals surface area contributed by atoms with Gasteiger partial charge in [0.25, 0.3) is 0 Å². The fourth-order valence-electron chi connectivity index (χ4n) is 2.23. The van der Waals surface area contributed by atoms with E-state index in [9.17, 15) is 4.79 Å². The number of carbonyl (C=O) groups excluding carboxylic acids is 1. The summed E-state index contributed by atoms with van der Waals surface area (Å²) in [5.41, 5.74) is 1.18. The molecular formula is C15H18N2O3. The van der Waals surface area contributed by atoms with E-state index in [1.165, 1.54) is 12.7 Å². The zero-order chi connectivity index (χ0) is 14.4. The van der Waals surface area contributed by atoms with Crippen molar-refractivity contribution in [2.24, 2.45) is 5.92 Å². The van der Waals surface area contributed by atoms with Crippen molar-refractivity contribution in [3.8, 4) is 11.8 Å². The predicted molar refractivity (Wildman–Crippen MR) is 73.0 cm³/mol. The van der Waals surface area contributed by atoms with Crippen molar-refractivity contribution in [3.05, 3.63) is 29.8 Å². The van der Waals surface area contributed by atoms with E-state index < -0.39 is 5.97 Å². The highest BCUT2D eigenvalue weighted by molar-refractivity contribution is 5.70. The number of hydrogen-bond donors (Lipinski definition) is 0. The summed E-state index contributed by atoms with van der Waals surface area (Å²) in [5.74, 6) is 0.418. The normalized spacial score (nSPS) is 18.5. The number of rotatable bonds is 5. The molecule has 106 valence electrons. The smallest absolute Gasteiger partial charge is 0.343 e. The van der Waals surface area contributed by atoms with Crippen LogP contribution < -0.4 is 4.74 Å². The number of nitrogens with zero attached hydrogens (tertiary/aromatic N) is 2. The summed E-state index contributed by atoms with van der Waals surface area (Å²) in [5, 5.41) is 8.88. The lowest BCUT2D eigenvalue weighted by Crippen LogP contribution is -2.19. The predicted octanol–water partition coefficient (Wildman–Crippen LogP) is 1.58. The second-order valence-electron chi connectivity index (χ2n) is 4.86. The van der Waals surface area contributed by atoms with Gasteiger partial charge >= 0.3 is 5.97 Å². The van der Waals surface area contributed by atoms with Gasteiger partial charge in [-0.3, -0.25) is 4.90 Å². The molecular weight excluding hydrogens is 256 g/mol. The number of esters is 1. The van der Waals surface area contributed by atoms with E-state index in [-0.39, 0.29) is 12.5 Å². The Balaban J connectivity index is 1.83. The van der Waals surface area contributed by atoms with Gasteiger partial charge in [-0.15, -0.1) is 0 Å². The van der Waals surface area contributed by atoms with Crippen molar-refractivity contribution < 1.29 is 14.3 Å². The summed E-state index contributed by atoms with van der Waals surface area (Å²) >= 11 is 0. The molecule has 1 unspecified atom stereocenters. The van der Waals surface area contributed by atoms with Crippen LogP contribution in [0.25, 0.3) is 0 Å². The Morgan fingerprint density at radius 3 is 2.80 bits per heavy atom. The van der Waals surface area contributed by atoms with Crippen LogP contribution in [0, 0.1) is 17.2 Å². The highest BCUT2D eigenvalue weighted by Gasteiger charge is 2.21. The first-order valence-corrected chi connectivity index (χ1v) is 6.62. The topological polar surface area (TPSA) is 62.6 Å². The summed E-state index contributed by atoms with van der Waals surface area (Å²) in [4.78, 5) is 13.2. The van der Waals surface area contributed by atoms with Gasteiger partial charge in [-0.25, -0.2) is 4.79 Å². The quantitative estimate of drug-likeness (QED) is 0.763. The van der Waals surface area contributed by atoms with Gasteiger partial charge in [0.05, 0.1) is 19.1 Å². The number of nitriles is 1. The summed E-state index contributed by atoms with van der Waals surface area (Å²) in [7, 11) is 1.33. The maximum absolute atomic E-state index is 11.0. The first kappa shape index (κ1) is 14.4. The molecule has 1 atom stereocenters. The molecule has 0 radical (unpaired) electrons. The molecule has 5 nitrogen and oxygen atoms in total. The molecule has 1 saturated heterocycles. The molecule has 0 spiro atoms. The van der Waals surface area contributed by atoms with E-state index in [2.05, 4.69) is 15.7 Å². The van der Waals surface area contributed by atoms with Gasteiger partial charge < -0.3 is 9.47 Å². The van der Waals surface area contributed by atoms with Crippen molar-refractivity contribution in [3.63, 3.8) is 0 Å². The van der Waals surface area contributed by atoms with Crippen molar-refractivity contribution >= 4 is 5.97 Å². The molecule has 1 aromatic rings. The van der Waals surface area contributed by atoms with Crippen molar-refractivity contribution in [2.45, 2.75) is 13.0 Å². The molecule has 0 aromatic heterocycles. The highest BCUT2D eigenvalue weighted by atomic mass is 16.6. The largest absolute Gasteiger partial charge is 0.482 e.